The molecule has 0 radical (unpaired) electrons. The normalized spacial score (nSPS) is 13.9. The van der Waals surface area contributed by atoms with Crippen LogP contribution in [0.2, 0.25) is 0 Å². The highest BCUT2D eigenvalue weighted by molar-refractivity contribution is 5.99. The molecule has 0 aliphatic heterocycles. The summed E-state index contributed by atoms with van der Waals surface area (Å²) in [4.78, 5) is 11.2. The summed E-state index contributed by atoms with van der Waals surface area (Å²) in [6, 6.07) is 3.83. The molecule has 3 rings (SSSR count). The zero-order chi connectivity index (χ0) is 12.0. The van der Waals surface area contributed by atoms with Crippen LogP contribution in [-0.2, 0) is 12.8 Å². The number of hydrogen-bond acceptors (Lipinski definition) is 3. The van der Waals surface area contributed by atoms with E-state index in [1.807, 2.05) is 12.1 Å². The van der Waals surface area contributed by atoms with Gasteiger partial charge in [0.2, 0.25) is 5.76 Å². The van der Waals surface area contributed by atoms with Crippen LogP contribution < -0.4 is 4.74 Å². The number of rotatable bonds is 2. The van der Waals surface area contributed by atoms with Gasteiger partial charge < -0.3 is 14.3 Å². The number of benzene rings is 1. The fraction of sp³-hybridized carbons (Fsp3) is 0.308. The van der Waals surface area contributed by atoms with E-state index in [1.54, 1.807) is 7.11 Å². The van der Waals surface area contributed by atoms with Gasteiger partial charge in [-0.15, -0.1) is 0 Å². The van der Waals surface area contributed by atoms with Crippen LogP contribution in [0.15, 0.2) is 16.5 Å². The van der Waals surface area contributed by atoms with Crippen molar-refractivity contribution in [3.63, 3.8) is 0 Å². The first-order valence-corrected chi connectivity index (χ1v) is 5.57. The van der Waals surface area contributed by atoms with E-state index in [4.69, 9.17) is 14.3 Å². The molecule has 1 aromatic heterocycles. The average molecular weight is 232 g/mol. The lowest BCUT2D eigenvalue weighted by molar-refractivity contribution is 0.0663. The van der Waals surface area contributed by atoms with Gasteiger partial charge in [0.1, 0.15) is 0 Å². The molecule has 1 aromatic carbocycles. The number of hydrogen-bond donors (Lipinski definition) is 1. The summed E-state index contributed by atoms with van der Waals surface area (Å²) in [7, 11) is 1.56. The van der Waals surface area contributed by atoms with Gasteiger partial charge in [0.05, 0.1) is 7.11 Å². The van der Waals surface area contributed by atoms with Gasteiger partial charge in [-0.25, -0.2) is 4.79 Å². The molecule has 88 valence electrons. The van der Waals surface area contributed by atoms with Gasteiger partial charge in [0.25, 0.3) is 0 Å². The van der Waals surface area contributed by atoms with Crippen molar-refractivity contribution in [3.8, 4) is 5.75 Å². The molecule has 0 saturated carbocycles. The zero-order valence-electron chi connectivity index (χ0n) is 9.45. The molecular formula is C13H12O4. The number of methoxy groups -OCH3 is 1. The Hall–Kier alpha value is -1.97. The fourth-order valence-electron chi connectivity index (χ4n) is 2.55. The van der Waals surface area contributed by atoms with Gasteiger partial charge in [-0.05, 0) is 30.9 Å². The molecule has 1 heterocycles. The van der Waals surface area contributed by atoms with E-state index in [0.717, 1.165) is 35.8 Å². The number of carbonyl (C=O) groups is 1. The highest BCUT2D eigenvalue weighted by atomic mass is 16.5. The first-order chi connectivity index (χ1) is 8.22. The van der Waals surface area contributed by atoms with Crippen molar-refractivity contribution >= 4 is 16.9 Å². The maximum atomic E-state index is 11.2. The minimum absolute atomic E-state index is 0.0606. The first kappa shape index (κ1) is 10.2. The van der Waals surface area contributed by atoms with Crippen LogP contribution in [0.1, 0.15) is 28.1 Å². The van der Waals surface area contributed by atoms with E-state index in [-0.39, 0.29) is 5.76 Å². The highest BCUT2D eigenvalue weighted by Crippen LogP contribution is 2.39. The molecular weight excluding hydrogens is 220 g/mol. The van der Waals surface area contributed by atoms with Crippen molar-refractivity contribution in [2.75, 3.05) is 7.11 Å². The monoisotopic (exact) mass is 232 g/mol. The lowest BCUT2D eigenvalue weighted by Gasteiger charge is -2.12. The second-order valence-corrected chi connectivity index (χ2v) is 4.20. The summed E-state index contributed by atoms with van der Waals surface area (Å²) in [6.07, 6.45) is 2.69. The van der Waals surface area contributed by atoms with E-state index in [9.17, 15) is 4.79 Å². The third-order valence-electron chi connectivity index (χ3n) is 3.27. The third kappa shape index (κ3) is 1.33. The lowest BCUT2D eigenvalue weighted by Crippen LogP contribution is -2.04. The van der Waals surface area contributed by atoms with Crippen molar-refractivity contribution in [3.05, 3.63) is 29.0 Å². The molecule has 4 nitrogen and oxygen atoms in total. The molecule has 2 aromatic rings. The fourth-order valence-corrected chi connectivity index (χ4v) is 2.55. The van der Waals surface area contributed by atoms with E-state index in [0.29, 0.717) is 11.3 Å². The van der Waals surface area contributed by atoms with E-state index < -0.39 is 5.97 Å². The van der Waals surface area contributed by atoms with Crippen LogP contribution in [0.4, 0.5) is 0 Å². The summed E-state index contributed by atoms with van der Waals surface area (Å²) in [5.74, 6) is -0.351. The molecule has 0 amide bonds. The second kappa shape index (κ2) is 3.52. The summed E-state index contributed by atoms with van der Waals surface area (Å²) in [5, 5.41) is 10.1. The Bertz CT molecular complexity index is 609. The Balaban J connectivity index is 2.42. The van der Waals surface area contributed by atoms with Crippen LogP contribution >= 0.6 is 0 Å². The number of aromatic carboxylic acids is 1. The van der Waals surface area contributed by atoms with E-state index >= 15 is 0 Å². The Morgan fingerprint density at radius 2 is 2.24 bits per heavy atom. The van der Waals surface area contributed by atoms with Crippen molar-refractivity contribution in [2.45, 2.75) is 19.3 Å². The van der Waals surface area contributed by atoms with Gasteiger partial charge in [-0.3, -0.25) is 0 Å². The number of ether oxygens (including phenoxy) is 1. The molecule has 1 aliphatic rings. The van der Waals surface area contributed by atoms with Crippen molar-refractivity contribution in [2.24, 2.45) is 0 Å². The SMILES string of the molecule is COc1ccc2c3c(c(C(=O)O)oc13)CCC2. The van der Waals surface area contributed by atoms with Crippen LogP contribution in [0.5, 0.6) is 5.75 Å². The predicted octanol–water partition coefficient (Wildman–Crippen LogP) is 2.63. The molecule has 0 bridgehead atoms. The molecule has 4 heteroatoms. The van der Waals surface area contributed by atoms with E-state index in [2.05, 4.69) is 0 Å². The summed E-state index contributed by atoms with van der Waals surface area (Å²) < 4.78 is 10.7. The maximum absolute atomic E-state index is 11.2. The third-order valence-corrected chi connectivity index (χ3v) is 3.27. The van der Waals surface area contributed by atoms with E-state index in [1.165, 1.54) is 0 Å². The van der Waals surface area contributed by atoms with Crippen molar-refractivity contribution in [1.82, 2.24) is 0 Å². The minimum Gasteiger partial charge on any atom is -0.493 e. The number of carboxylic acid groups (broad SMARTS) is 1. The second-order valence-electron chi connectivity index (χ2n) is 4.20. The molecule has 0 unspecified atom stereocenters. The van der Waals surface area contributed by atoms with Crippen LogP contribution in [0.3, 0.4) is 0 Å². The minimum atomic E-state index is -1.01. The standard InChI is InChI=1S/C13H12O4/c1-16-9-6-5-7-3-2-4-8-10(7)12(9)17-11(8)13(14)15/h5-6H,2-4H2,1H3,(H,14,15). The molecule has 0 saturated heterocycles. The Morgan fingerprint density at radius 1 is 1.41 bits per heavy atom. The highest BCUT2D eigenvalue weighted by Gasteiger charge is 2.26. The van der Waals surface area contributed by atoms with Gasteiger partial charge in [-0.2, -0.15) is 0 Å². The molecule has 1 N–H and O–H groups in total. The Kier molecular flexibility index (Phi) is 2.11. The van der Waals surface area contributed by atoms with Crippen LogP contribution in [0, 0.1) is 0 Å². The maximum Gasteiger partial charge on any atom is 0.372 e. The van der Waals surface area contributed by atoms with Crippen molar-refractivity contribution in [1.29, 1.82) is 0 Å². The largest absolute Gasteiger partial charge is 0.493 e. The molecule has 0 fully saturated rings. The zero-order valence-corrected chi connectivity index (χ0v) is 9.45. The van der Waals surface area contributed by atoms with Gasteiger partial charge in [0, 0.05) is 10.9 Å². The average Bonchev–Trinajstić information content (AvgIpc) is 2.72. The summed E-state index contributed by atoms with van der Waals surface area (Å²) >= 11 is 0. The predicted molar refractivity (Wildman–Crippen MR) is 61.8 cm³/mol. The Labute approximate surface area is 97.8 Å². The summed E-state index contributed by atoms with van der Waals surface area (Å²) in [5.41, 5.74) is 2.53. The molecule has 0 spiro atoms. The summed E-state index contributed by atoms with van der Waals surface area (Å²) in [6.45, 7) is 0. The smallest absolute Gasteiger partial charge is 0.372 e. The van der Waals surface area contributed by atoms with Gasteiger partial charge in [0.15, 0.2) is 11.3 Å². The lowest BCUT2D eigenvalue weighted by atomic mass is 9.91. The number of aryl methyl sites for hydroxylation is 2. The van der Waals surface area contributed by atoms with Gasteiger partial charge >= 0.3 is 5.97 Å². The topological polar surface area (TPSA) is 59.7 Å². The molecule has 17 heavy (non-hydrogen) atoms. The Morgan fingerprint density at radius 3 is 2.94 bits per heavy atom. The van der Waals surface area contributed by atoms with Crippen LogP contribution in [0.25, 0.3) is 11.0 Å². The van der Waals surface area contributed by atoms with Crippen LogP contribution in [-0.4, -0.2) is 18.2 Å². The number of furan rings is 1. The molecule has 1 aliphatic carbocycles. The van der Waals surface area contributed by atoms with Gasteiger partial charge in [-0.1, -0.05) is 6.07 Å². The quantitative estimate of drug-likeness (QED) is 0.864. The number of carboxylic acids is 1. The first-order valence-electron chi connectivity index (χ1n) is 5.57. The van der Waals surface area contributed by atoms with Crippen molar-refractivity contribution < 1.29 is 19.1 Å². The molecule has 0 atom stereocenters.